The molecule has 3 rings (SSSR count). The van der Waals surface area contributed by atoms with E-state index in [1.807, 2.05) is 6.92 Å². The number of amides is 2. The van der Waals surface area contributed by atoms with E-state index in [0.29, 0.717) is 17.2 Å². The van der Waals surface area contributed by atoms with Crippen LogP contribution in [0, 0.1) is 12.8 Å². The zero-order chi connectivity index (χ0) is 19.6. The predicted molar refractivity (Wildman–Crippen MR) is 101 cm³/mol. The Morgan fingerprint density at radius 1 is 1.41 bits per heavy atom. The number of sulfone groups is 1. The molecule has 1 aromatic carbocycles. The van der Waals surface area contributed by atoms with Crippen molar-refractivity contribution in [3.05, 3.63) is 30.0 Å². The van der Waals surface area contributed by atoms with E-state index in [1.165, 1.54) is 23.9 Å². The molecule has 0 aliphatic carbocycles. The van der Waals surface area contributed by atoms with Crippen LogP contribution in [0.2, 0.25) is 0 Å². The summed E-state index contributed by atoms with van der Waals surface area (Å²) < 4.78 is 30.0. The minimum atomic E-state index is -3.68. The van der Waals surface area contributed by atoms with Crippen LogP contribution in [-0.4, -0.2) is 36.9 Å². The van der Waals surface area contributed by atoms with Gasteiger partial charge in [0.15, 0.2) is 15.7 Å². The molecule has 2 aromatic rings. The maximum atomic E-state index is 12.6. The molecule has 1 aromatic heterocycles. The normalized spacial score (nSPS) is 17.0. The van der Waals surface area contributed by atoms with Crippen LogP contribution >= 0.6 is 11.8 Å². The number of benzene rings is 1. The highest BCUT2D eigenvalue weighted by Crippen LogP contribution is 2.34. The van der Waals surface area contributed by atoms with Crippen LogP contribution in [0.1, 0.15) is 19.1 Å². The van der Waals surface area contributed by atoms with Gasteiger partial charge in [-0.05, 0) is 25.1 Å². The van der Waals surface area contributed by atoms with Gasteiger partial charge in [-0.2, -0.15) is 0 Å². The molecule has 0 spiro atoms. The minimum absolute atomic E-state index is 0.0711. The fourth-order valence-corrected chi connectivity index (χ4v) is 4.72. The highest BCUT2D eigenvalue weighted by atomic mass is 32.2. The largest absolute Gasteiger partial charge is 0.360 e. The van der Waals surface area contributed by atoms with Crippen LogP contribution in [0.4, 0.5) is 11.5 Å². The number of hydrogen-bond acceptors (Lipinski definition) is 7. The van der Waals surface area contributed by atoms with E-state index in [1.54, 1.807) is 19.1 Å². The minimum Gasteiger partial charge on any atom is -0.360 e. The topological polar surface area (TPSA) is 118 Å². The monoisotopic (exact) mass is 409 g/mol. The van der Waals surface area contributed by atoms with E-state index in [4.69, 9.17) is 4.52 Å². The maximum absolute atomic E-state index is 12.6. The molecule has 2 heterocycles. The van der Waals surface area contributed by atoms with Gasteiger partial charge in [0.05, 0.1) is 16.3 Å². The molecule has 1 aliphatic rings. The first-order chi connectivity index (χ1) is 12.7. The third-order valence-electron chi connectivity index (χ3n) is 4.00. The molecule has 0 unspecified atom stereocenters. The van der Waals surface area contributed by atoms with Crippen molar-refractivity contribution < 1.29 is 22.5 Å². The number of thioether (sulfide) groups is 1. The van der Waals surface area contributed by atoms with Crippen LogP contribution in [0.5, 0.6) is 0 Å². The predicted octanol–water partition coefficient (Wildman–Crippen LogP) is 2.47. The molecule has 1 atom stereocenters. The number of nitrogens with one attached hydrogen (secondary N) is 2. The van der Waals surface area contributed by atoms with Crippen LogP contribution in [-0.2, 0) is 19.4 Å². The van der Waals surface area contributed by atoms with Crippen molar-refractivity contribution >= 4 is 44.9 Å². The van der Waals surface area contributed by atoms with Crippen LogP contribution in [0.15, 0.2) is 38.6 Å². The quantitative estimate of drug-likeness (QED) is 0.779. The number of aromatic nitrogens is 1. The average molecular weight is 409 g/mol. The van der Waals surface area contributed by atoms with Gasteiger partial charge in [0.2, 0.25) is 11.8 Å². The van der Waals surface area contributed by atoms with Crippen molar-refractivity contribution in [2.75, 3.05) is 22.1 Å². The first kappa shape index (κ1) is 19.4. The summed E-state index contributed by atoms with van der Waals surface area (Å²) >= 11 is 1.50. The van der Waals surface area contributed by atoms with Gasteiger partial charge >= 0.3 is 0 Å². The Balaban J connectivity index is 1.69. The SMILES string of the molecule is Cc1cc(NC(=O)CCS(=O)(=O)c2ccc3c(c2)NC(=O)[C@H](C)CS3)no1. The molecule has 1 aliphatic heterocycles. The van der Waals surface area contributed by atoms with Gasteiger partial charge in [0.25, 0.3) is 0 Å². The Morgan fingerprint density at radius 3 is 2.89 bits per heavy atom. The van der Waals surface area contributed by atoms with Crippen molar-refractivity contribution in [1.82, 2.24) is 5.16 Å². The van der Waals surface area contributed by atoms with E-state index >= 15 is 0 Å². The molecular formula is C17H19N3O5S2. The molecule has 2 N–H and O–H groups in total. The maximum Gasteiger partial charge on any atom is 0.228 e. The number of hydrogen-bond donors (Lipinski definition) is 2. The third kappa shape index (κ3) is 4.69. The lowest BCUT2D eigenvalue weighted by molar-refractivity contribution is -0.118. The molecule has 0 radical (unpaired) electrons. The van der Waals surface area contributed by atoms with E-state index < -0.39 is 15.7 Å². The zero-order valence-corrected chi connectivity index (χ0v) is 16.4. The van der Waals surface area contributed by atoms with Crippen molar-refractivity contribution in [2.45, 2.75) is 30.1 Å². The molecule has 0 fully saturated rings. The molecule has 2 amide bonds. The van der Waals surface area contributed by atoms with Crippen LogP contribution < -0.4 is 10.6 Å². The van der Waals surface area contributed by atoms with Crippen molar-refractivity contribution in [2.24, 2.45) is 5.92 Å². The lowest BCUT2D eigenvalue weighted by Crippen LogP contribution is -2.20. The van der Waals surface area contributed by atoms with Gasteiger partial charge in [-0.1, -0.05) is 12.1 Å². The van der Waals surface area contributed by atoms with Crippen LogP contribution in [0.25, 0.3) is 0 Å². The molecule has 144 valence electrons. The second-order valence-electron chi connectivity index (χ2n) is 6.30. The lowest BCUT2D eigenvalue weighted by Gasteiger charge is -2.10. The molecule has 0 saturated carbocycles. The Hall–Kier alpha value is -2.33. The Bertz CT molecular complexity index is 984. The van der Waals surface area contributed by atoms with Gasteiger partial charge in [-0.15, -0.1) is 11.8 Å². The second kappa shape index (κ2) is 7.73. The Labute approximate surface area is 161 Å². The van der Waals surface area contributed by atoms with E-state index in [-0.39, 0.29) is 34.7 Å². The van der Waals surface area contributed by atoms with Gasteiger partial charge in [0.1, 0.15) is 5.76 Å². The zero-order valence-electron chi connectivity index (χ0n) is 14.8. The third-order valence-corrected chi connectivity index (χ3v) is 7.05. The summed E-state index contributed by atoms with van der Waals surface area (Å²) in [6.45, 7) is 3.50. The first-order valence-corrected chi connectivity index (χ1v) is 10.9. The van der Waals surface area contributed by atoms with E-state index in [0.717, 1.165) is 4.90 Å². The van der Waals surface area contributed by atoms with Crippen LogP contribution in [0.3, 0.4) is 0 Å². The number of carbonyl (C=O) groups excluding carboxylic acids is 2. The second-order valence-corrected chi connectivity index (χ2v) is 9.47. The van der Waals surface area contributed by atoms with Gasteiger partial charge < -0.3 is 15.2 Å². The van der Waals surface area contributed by atoms with Gasteiger partial charge in [0, 0.05) is 29.1 Å². The number of fused-ring (bicyclic) bond motifs is 1. The summed E-state index contributed by atoms with van der Waals surface area (Å²) in [4.78, 5) is 24.8. The highest BCUT2D eigenvalue weighted by molar-refractivity contribution is 7.99. The molecule has 0 saturated heterocycles. The fourth-order valence-electron chi connectivity index (χ4n) is 2.45. The standard InChI is InChI=1S/C17H19N3O5S2/c1-10-9-26-14-4-3-12(8-13(14)18-17(10)22)27(23,24)6-5-16(21)19-15-7-11(2)25-20-15/h3-4,7-8,10H,5-6,9H2,1-2H3,(H,18,22)(H,19,20,21)/t10-/m1/s1. The summed E-state index contributed by atoms with van der Waals surface area (Å²) in [5.41, 5.74) is 0.484. The highest BCUT2D eigenvalue weighted by Gasteiger charge is 2.23. The van der Waals surface area contributed by atoms with Crippen molar-refractivity contribution in [3.63, 3.8) is 0 Å². The first-order valence-electron chi connectivity index (χ1n) is 8.28. The van der Waals surface area contributed by atoms with Gasteiger partial charge in [-0.25, -0.2) is 8.42 Å². The van der Waals surface area contributed by atoms with Crippen molar-refractivity contribution in [1.29, 1.82) is 0 Å². The summed E-state index contributed by atoms with van der Waals surface area (Å²) in [6, 6.07) is 6.18. The lowest BCUT2D eigenvalue weighted by atomic mass is 10.2. The average Bonchev–Trinajstić information content (AvgIpc) is 2.96. The summed E-state index contributed by atoms with van der Waals surface area (Å²) in [5.74, 6) is 0.285. The summed E-state index contributed by atoms with van der Waals surface area (Å²) in [5, 5.41) is 8.88. The number of anilines is 2. The fraction of sp³-hybridized carbons (Fsp3) is 0.353. The van der Waals surface area contributed by atoms with E-state index in [2.05, 4.69) is 15.8 Å². The van der Waals surface area contributed by atoms with Gasteiger partial charge in [-0.3, -0.25) is 9.59 Å². The number of nitrogens with zero attached hydrogens (tertiary/aromatic N) is 1. The van der Waals surface area contributed by atoms with Crippen molar-refractivity contribution in [3.8, 4) is 0 Å². The summed E-state index contributed by atoms with van der Waals surface area (Å²) in [7, 11) is -3.68. The number of rotatable bonds is 5. The summed E-state index contributed by atoms with van der Waals surface area (Å²) in [6.07, 6.45) is -0.219. The molecular weight excluding hydrogens is 390 g/mol. The smallest absolute Gasteiger partial charge is 0.228 e. The number of carbonyl (C=O) groups is 2. The molecule has 8 nitrogen and oxygen atoms in total. The molecule has 10 heteroatoms. The number of aryl methyl sites for hydroxylation is 1. The Morgan fingerprint density at radius 2 is 2.19 bits per heavy atom. The molecule has 27 heavy (non-hydrogen) atoms. The molecule has 0 bridgehead atoms. The Kier molecular flexibility index (Phi) is 5.56. The van der Waals surface area contributed by atoms with E-state index in [9.17, 15) is 18.0 Å².